The summed E-state index contributed by atoms with van der Waals surface area (Å²) in [7, 11) is 0. The van der Waals surface area contributed by atoms with E-state index in [0.29, 0.717) is 18.9 Å². The topological polar surface area (TPSA) is 73.6 Å². The normalized spacial score (nSPS) is 16.9. The Kier molecular flexibility index (Phi) is 3.06. The highest BCUT2D eigenvalue weighted by Gasteiger charge is 2.21. The van der Waals surface area contributed by atoms with Gasteiger partial charge < -0.3 is 19.3 Å². The number of nitrogens with zero attached hydrogens (tertiary/aromatic N) is 1. The molecular weight excluding hydrogens is 248 g/mol. The summed E-state index contributed by atoms with van der Waals surface area (Å²) in [4.78, 5) is 11.7. The van der Waals surface area contributed by atoms with Gasteiger partial charge in [0.15, 0.2) is 11.5 Å². The molecule has 1 N–H and O–H groups in total. The summed E-state index contributed by atoms with van der Waals surface area (Å²) in [5.74, 6) is 1.27. The van der Waals surface area contributed by atoms with Gasteiger partial charge in [-0.2, -0.15) is 0 Å². The Labute approximate surface area is 109 Å². The van der Waals surface area contributed by atoms with Crippen molar-refractivity contribution in [1.82, 2.24) is 10.5 Å². The van der Waals surface area contributed by atoms with Gasteiger partial charge >= 0.3 is 0 Å². The average Bonchev–Trinajstić information content (AvgIpc) is 2.99. The minimum atomic E-state index is -0.319. The zero-order valence-electron chi connectivity index (χ0n) is 10.0. The second kappa shape index (κ2) is 5.01. The SMILES string of the molecule is O=C(NCC1COc2ccccc2O1)c1ccno1. The smallest absolute Gasteiger partial charge is 0.290 e. The molecule has 1 amide bonds. The lowest BCUT2D eigenvalue weighted by Crippen LogP contribution is -2.40. The van der Waals surface area contributed by atoms with Gasteiger partial charge in [-0.15, -0.1) is 0 Å². The third-order valence-corrected chi connectivity index (χ3v) is 2.72. The van der Waals surface area contributed by atoms with E-state index < -0.39 is 0 Å². The molecule has 6 heteroatoms. The maximum atomic E-state index is 11.7. The molecule has 2 aromatic rings. The lowest BCUT2D eigenvalue weighted by atomic mass is 10.2. The van der Waals surface area contributed by atoms with Crippen LogP contribution in [0.5, 0.6) is 11.5 Å². The molecule has 6 nitrogen and oxygen atoms in total. The second-order valence-corrected chi connectivity index (χ2v) is 4.08. The molecule has 1 aromatic heterocycles. The Morgan fingerprint density at radius 3 is 2.95 bits per heavy atom. The molecule has 0 bridgehead atoms. The van der Waals surface area contributed by atoms with Gasteiger partial charge in [0.1, 0.15) is 12.7 Å². The predicted molar refractivity (Wildman–Crippen MR) is 65.2 cm³/mol. The average molecular weight is 260 g/mol. The van der Waals surface area contributed by atoms with Crippen LogP contribution in [0.4, 0.5) is 0 Å². The van der Waals surface area contributed by atoms with E-state index in [1.165, 1.54) is 12.3 Å². The number of ether oxygens (including phenoxy) is 2. The summed E-state index contributed by atoms with van der Waals surface area (Å²) >= 11 is 0. The van der Waals surface area contributed by atoms with Gasteiger partial charge in [0.05, 0.1) is 12.7 Å². The van der Waals surface area contributed by atoms with Gasteiger partial charge in [-0.05, 0) is 12.1 Å². The monoisotopic (exact) mass is 260 g/mol. The molecule has 1 aliphatic rings. The molecule has 3 rings (SSSR count). The molecule has 98 valence electrons. The van der Waals surface area contributed by atoms with Crippen molar-refractivity contribution < 1.29 is 18.8 Å². The van der Waals surface area contributed by atoms with Crippen LogP contribution in [0.15, 0.2) is 41.1 Å². The molecular formula is C13H12N2O4. The number of hydrogen-bond acceptors (Lipinski definition) is 5. The van der Waals surface area contributed by atoms with E-state index in [1.807, 2.05) is 24.3 Å². The largest absolute Gasteiger partial charge is 0.486 e. The molecule has 1 atom stereocenters. The van der Waals surface area contributed by atoms with E-state index >= 15 is 0 Å². The zero-order valence-corrected chi connectivity index (χ0v) is 10.0. The molecule has 0 saturated heterocycles. The minimum Gasteiger partial charge on any atom is -0.486 e. The Bertz CT molecular complexity index is 568. The first kappa shape index (κ1) is 11.6. The molecule has 0 radical (unpaired) electrons. The number of aromatic nitrogens is 1. The first-order valence-corrected chi connectivity index (χ1v) is 5.90. The van der Waals surface area contributed by atoms with E-state index in [2.05, 4.69) is 10.5 Å². The summed E-state index contributed by atoms with van der Waals surface area (Å²) in [5, 5.41) is 6.18. The van der Waals surface area contributed by atoms with E-state index in [4.69, 9.17) is 14.0 Å². The Morgan fingerprint density at radius 2 is 2.16 bits per heavy atom. The van der Waals surface area contributed by atoms with E-state index in [9.17, 15) is 4.79 Å². The summed E-state index contributed by atoms with van der Waals surface area (Å²) in [6.07, 6.45) is 1.20. The fraction of sp³-hybridized carbons (Fsp3) is 0.231. The van der Waals surface area contributed by atoms with E-state index in [-0.39, 0.29) is 17.8 Å². The summed E-state index contributed by atoms with van der Waals surface area (Å²) in [5.41, 5.74) is 0. The highest BCUT2D eigenvalue weighted by molar-refractivity contribution is 5.91. The van der Waals surface area contributed by atoms with Crippen LogP contribution in [0, 0.1) is 0 Å². The van der Waals surface area contributed by atoms with Crippen LogP contribution < -0.4 is 14.8 Å². The van der Waals surface area contributed by atoms with Crippen LogP contribution in [0.1, 0.15) is 10.6 Å². The number of para-hydroxylation sites is 2. The number of carbonyl (C=O) groups excluding carboxylic acids is 1. The second-order valence-electron chi connectivity index (χ2n) is 4.08. The molecule has 0 fully saturated rings. The van der Waals surface area contributed by atoms with Crippen LogP contribution in [0.25, 0.3) is 0 Å². The molecule has 19 heavy (non-hydrogen) atoms. The number of nitrogens with one attached hydrogen (secondary N) is 1. The first-order valence-electron chi connectivity index (χ1n) is 5.90. The lowest BCUT2D eigenvalue weighted by Gasteiger charge is -2.26. The number of rotatable bonds is 3. The summed E-state index contributed by atoms with van der Waals surface area (Å²) < 4.78 is 16.0. The van der Waals surface area contributed by atoms with Crippen LogP contribution in [-0.4, -0.2) is 30.3 Å². The van der Waals surface area contributed by atoms with Crippen molar-refractivity contribution in [1.29, 1.82) is 0 Å². The van der Waals surface area contributed by atoms with Crippen molar-refractivity contribution >= 4 is 5.91 Å². The predicted octanol–water partition coefficient (Wildman–Crippen LogP) is 1.24. The van der Waals surface area contributed by atoms with Crippen LogP contribution in [0.2, 0.25) is 0 Å². The van der Waals surface area contributed by atoms with Crippen LogP contribution >= 0.6 is 0 Å². The van der Waals surface area contributed by atoms with E-state index in [0.717, 1.165) is 5.75 Å². The van der Waals surface area contributed by atoms with Crippen LogP contribution in [-0.2, 0) is 0 Å². The first-order chi connectivity index (χ1) is 9.33. The zero-order chi connectivity index (χ0) is 13.1. The fourth-order valence-corrected chi connectivity index (χ4v) is 1.79. The molecule has 1 unspecified atom stereocenters. The fourth-order valence-electron chi connectivity index (χ4n) is 1.79. The molecule has 0 spiro atoms. The minimum absolute atomic E-state index is 0.178. The van der Waals surface area contributed by atoms with Gasteiger partial charge in [-0.25, -0.2) is 0 Å². The third-order valence-electron chi connectivity index (χ3n) is 2.72. The van der Waals surface area contributed by atoms with Crippen molar-refractivity contribution in [3.05, 3.63) is 42.3 Å². The van der Waals surface area contributed by atoms with Crippen molar-refractivity contribution in [2.24, 2.45) is 0 Å². The van der Waals surface area contributed by atoms with E-state index in [1.54, 1.807) is 0 Å². The Balaban J connectivity index is 1.57. The highest BCUT2D eigenvalue weighted by atomic mass is 16.6. The van der Waals surface area contributed by atoms with Gasteiger partial charge in [0, 0.05) is 6.07 Å². The lowest BCUT2D eigenvalue weighted by molar-refractivity contribution is 0.0768. The summed E-state index contributed by atoms with van der Waals surface area (Å²) in [6, 6.07) is 8.94. The van der Waals surface area contributed by atoms with Gasteiger partial charge in [0.25, 0.3) is 5.91 Å². The molecule has 0 saturated carbocycles. The Hall–Kier alpha value is -2.50. The third kappa shape index (κ3) is 2.52. The molecule has 2 heterocycles. The van der Waals surface area contributed by atoms with Gasteiger partial charge in [-0.3, -0.25) is 4.79 Å². The molecule has 1 aromatic carbocycles. The number of hydrogen-bond donors (Lipinski definition) is 1. The van der Waals surface area contributed by atoms with Crippen molar-refractivity contribution in [3.63, 3.8) is 0 Å². The maximum Gasteiger partial charge on any atom is 0.290 e. The number of amides is 1. The maximum absolute atomic E-state index is 11.7. The van der Waals surface area contributed by atoms with Crippen molar-refractivity contribution in [2.45, 2.75) is 6.10 Å². The summed E-state index contributed by atoms with van der Waals surface area (Å²) in [6.45, 7) is 0.738. The number of carbonyl (C=O) groups is 1. The van der Waals surface area contributed by atoms with Gasteiger partial charge in [-0.1, -0.05) is 17.3 Å². The van der Waals surface area contributed by atoms with Gasteiger partial charge in [0.2, 0.25) is 5.76 Å². The quantitative estimate of drug-likeness (QED) is 0.898. The van der Waals surface area contributed by atoms with Crippen molar-refractivity contribution in [2.75, 3.05) is 13.2 Å². The molecule has 0 aliphatic carbocycles. The number of benzene rings is 1. The standard InChI is InChI=1S/C13H12N2O4/c16-13(12-5-6-15-19-12)14-7-9-8-17-10-3-1-2-4-11(10)18-9/h1-6,9H,7-8H2,(H,14,16). The Morgan fingerprint density at radius 1 is 1.32 bits per heavy atom. The van der Waals surface area contributed by atoms with Crippen molar-refractivity contribution in [3.8, 4) is 11.5 Å². The van der Waals surface area contributed by atoms with Crippen LogP contribution in [0.3, 0.4) is 0 Å². The highest BCUT2D eigenvalue weighted by Crippen LogP contribution is 2.30. The molecule has 1 aliphatic heterocycles. The number of fused-ring (bicyclic) bond motifs is 1.